The minimum Gasteiger partial charge on any atom is -0.481 e. The number of nitrogens with zero attached hydrogens (tertiary/aromatic N) is 2. The van der Waals surface area contributed by atoms with Crippen LogP contribution >= 0.6 is 11.8 Å². The van der Waals surface area contributed by atoms with Crippen molar-refractivity contribution in [2.75, 3.05) is 5.75 Å². The summed E-state index contributed by atoms with van der Waals surface area (Å²) in [7, 11) is 0. The number of hydrogen-bond acceptors (Lipinski definition) is 3. The van der Waals surface area contributed by atoms with Crippen molar-refractivity contribution in [1.82, 2.24) is 9.55 Å². The summed E-state index contributed by atoms with van der Waals surface area (Å²) in [6, 6.07) is 0. The van der Waals surface area contributed by atoms with Gasteiger partial charge in [0.2, 0.25) is 0 Å². The summed E-state index contributed by atoms with van der Waals surface area (Å²) in [5, 5.41) is 9.58. The third-order valence-corrected chi connectivity index (χ3v) is 3.98. The summed E-state index contributed by atoms with van der Waals surface area (Å²) in [5.74, 6) is 0.0262. The van der Waals surface area contributed by atoms with Gasteiger partial charge < -0.3 is 9.67 Å². The molecule has 0 aromatic carbocycles. The number of aliphatic carboxylic acids is 1. The lowest BCUT2D eigenvalue weighted by molar-refractivity contribution is -0.133. The molecule has 108 valence electrons. The summed E-state index contributed by atoms with van der Waals surface area (Å²) in [5.41, 5.74) is 1.19. The van der Waals surface area contributed by atoms with E-state index in [-0.39, 0.29) is 5.75 Å². The number of hydrogen-bond donors (Lipinski definition) is 1. The van der Waals surface area contributed by atoms with Gasteiger partial charge in [0.15, 0.2) is 5.16 Å². The van der Waals surface area contributed by atoms with E-state index in [1.54, 1.807) is 0 Å². The predicted octanol–water partition coefficient (Wildman–Crippen LogP) is 3.45. The van der Waals surface area contributed by atoms with Gasteiger partial charge in [-0.25, -0.2) is 4.98 Å². The van der Waals surface area contributed by atoms with E-state index in [9.17, 15) is 4.79 Å². The molecule has 19 heavy (non-hydrogen) atoms. The van der Waals surface area contributed by atoms with Crippen molar-refractivity contribution in [3.05, 3.63) is 11.9 Å². The molecule has 1 aromatic rings. The van der Waals surface area contributed by atoms with E-state index in [1.165, 1.54) is 30.3 Å². The van der Waals surface area contributed by atoms with Crippen LogP contribution in [0.4, 0.5) is 0 Å². The molecule has 0 amide bonds. The molecule has 4 nitrogen and oxygen atoms in total. The van der Waals surface area contributed by atoms with Crippen molar-refractivity contribution in [2.45, 2.75) is 58.2 Å². The Balaban J connectivity index is 2.57. The van der Waals surface area contributed by atoms with Crippen LogP contribution in [0.15, 0.2) is 11.4 Å². The minimum atomic E-state index is -0.794. The SMILES string of the molecule is CCc1cnc(SCC(=O)O)n1CCCCC(C)C. The van der Waals surface area contributed by atoms with Gasteiger partial charge in [-0.1, -0.05) is 45.4 Å². The fourth-order valence-corrected chi connectivity index (χ4v) is 2.72. The first-order chi connectivity index (χ1) is 9.04. The zero-order chi connectivity index (χ0) is 14.3. The van der Waals surface area contributed by atoms with Gasteiger partial charge in [-0.3, -0.25) is 4.79 Å². The Morgan fingerprint density at radius 1 is 1.47 bits per heavy atom. The standard InChI is InChI=1S/C14H24N2O2S/c1-4-12-9-15-14(19-10-13(17)18)16(12)8-6-5-7-11(2)3/h9,11H,4-8,10H2,1-3H3,(H,17,18). The van der Waals surface area contributed by atoms with Gasteiger partial charge in [-0.15, -0.1) is 0 Å². The van der Waals surface area contributed by atoms with Crippen LogP contribution in [0, 0.1) is 5.92 Å². The monoisotopic (exact) mass is 284 g/mol. The Morgan fingerprint density at radius 3 is 2.79 bits per heavy atom. The number of imidazole rings is 1. The van der Waals surface area contributed by atoms with Crippen molar-refractivity contribution in [2.24, 2.45) is 5.92 Å². The average molecular weight is 284 g/mol. The number of carboxylic acid groups (broad SMARTS) is 1. The Bertz CT molecular complexity index is 402. The van der Waals surface area contributed by atoms with Gasteiger partial charge in [-0.05, 0) is 18.8 Å². The van der Waals surface area contributed by atoms with E-state index < -0.39 is 5.97 Å². The Morgan fingerprint density at radius 2 is 2.21 bits per heavy atom. The van der Waals surface area contributed by atoms with E-state index in [0.29, 0.717) is 0 Å². The van der Waals surface area contributed by atoms with Crippen LogP contribution in [0.5, 0.6) is 0 Å². The fourth-order valence-electron chi connectivity index (χ4n) is 1.98. The van der Waals surface area contributed by atoms with Crippen LogP contribution < -0.4 is 0 Å². The molecule has 0 fully saturated rings. The van der Waals surface area contributed by atoms with Crippen LogP contribution in [0.1, 0.15) is 45.7 Å². The topological polar surface area (TPSA) is 55.1 Å². The van der Waals surface area contributed by atoms with Crippen molar-refractivity contribution >= 4 is 17.7 Å². The number of carboxylic acids is 1. The van der Waals surface area contributed by atoms with Crippen molar-refractivity contribution < 1.29 is 9.90 Å². The van der Waals surface area contributed by atoms with Gasteiger partial charge in [0.25, 0.3) is 0 Å². The largest absolute Gasteiger partial charge is 0.481 e. The summed E-state index contributed by atoms with van der Waals surface area (Å²) >= 11 is 1.31. The van der Waals surface area contributed by atoms with Gasteiger partial charge in [-0.2, -0.15) is 0 Å². The lowest BCUT2D eigenvalue weighted by Crippen LogP contribution is -2.06. The molecule has 0 radical (unpaired) electrons. The second kappa shape index (κ2) is 8.25. The van der Waals surface area contributed by atoms with Crippen molar-refractivity contribution in [3.8, 4) is 0 Å². The Kier molecular flexibility index (Phi) is 6.99. The van der Waals surface area contributed by atoms with Gasteiger partial charge >= 0.3 is 5.97 Å². The van der Waals surface area contributed by atoms with E-state index in [2.05, 4.69) is 30.3 Å². The third kappa shape index (κ3) is 5.68. The van der Waals surface area contributed by atoms with Gasteiger partial charge in [0.1, 0.15) is 0 Å². The highest BCUT2D eigenvalue weighted by molar-refractivity contribution is 7.99. The van der Waals surface area contributed by atoms with E-state index in [1.807, 2.05) is 6.20 Å². The number of unbranched alkanes of at least 4 members (excludes halogenated alkanes) is 1. The summed E-state index contributed by atoms with van der Waals surface area (Å²) in [6.07, 6.45) is 6.38. The zero-order valence-corrected chi connectivity index (χ0v) is 12.9. The van der Waals surface area contributed by atoms with Crippen LogP contribution in [0.2, 0.25) is 0 Å². The lowest BCUT2D eigenvalue weighted by atomic mass is 10.1. The maximum absolute atomic E-state index is 10.6. The molecule has 0 aliphatic rings. The zero-order valence-electron chi connectivity index (χ0n) is 12.1. The molecular weight excluding hydrogens is 260 g/mol. The average Bonchev–Trinajstić information content (AvgIpc) is 2.74. The third-order valence-electron chi connectivity index (χ3n) is 3.00. The number of rotatable bonds is 9. The molecule has 0 unspecified atom stereocenters. The summed E-state index contributed by atoms with van der Waals surface area (Å²) in [6.45, 7) is 7.52. The summed E-state index contributed by atoms with van der Waals surface area (Å²) < 4.78 is 2.17. The van der Waals surface area contributed by atoms with Crippen molar-refractivity contribution in [3.63, 3.8) is 0 Å². The van der Waals surface area contributed by atoms with E-state index in [4.69, 9.17) is 5.11 Å². The summed E-state index contributed by atoms with van der Waals surface area (Å²) in [4.78, 5) is 15.0. The van der Waals surface area contributed by atoms with E-state index in [0.717, 1.165) is 30.5 Å². The Labute approximate surface area is 119 Å². The highest BCUT2D eigenvalue weighted by Crippen LogP contribution is 2.20. The first kappa shape index (κ1) is 16.1. The number of aromatic nitrogens is 2. The van der Waals surface area contributed by atoms with Crippen molar-refractivity contribution in [1.29, 1.82) is 0 Å². The molecular formula is C14H24N2O2S. The molecule has 0 aliphatic heterocycles. The molecule has 0 aliphatic carbocycles. The first-order valence-electron chi connectivity index (χ1n) is 6.93. The number of aryl methyl sites for hydroxylation is 1. The second-order valence-corrected chi connectivity index (χ2v) is 6.05. The smallest absolute Gasteiger partial charge is 0.313 e. The fraction of sp³-hybridized carbons (Fsp3) is 0.714. The molecule has 0 saturated carbocycles. The van der Waals surface area contributed by atoms with Crippen LogP contribution in [-0.4, -0.2) is 26.4 Å². The lowest BCUT2D eigenvalue weighted by Gasteiger charge is -2.11. The minimum absolute atomic E-state index is 0.0756. The maximum atomic E-state index is 10.6. The molecule has 1 aromatic heterocycles. The Hall–Kier alpha value is -0.970. The number of thioether (sulfide) groups is 1. The highest BCUT2D eigenvalue weighted by atomic mass is 32.2. The molecule has 1 rings (SSSR count). The molecule has 0 atom stereocenters. The van der Waals surface area contributed by atoms with Gasteiger partial charge in [0.05, 0.1) is 5.75 Å². The maximum Gasteiger partial charge on any atom is 0.313 e. The molecule has 0 bridgehead atoms. The normalized spacial score (nSPS) is 11.2. The molecule has 1 heterocycles. The van der Waals surface area contributed by atoms with Crippen LogP contribution in [0.25, 0.3) is 0 Å². The highest BCUT2D eigenvalue weighted by Gasteiger charge is 2.10. The molecule has 5 heteroatoms. The quantitative estimate of drug-likeness (QED) is 0.557. The first-order valence-corrected chi connectivity index (χ1v) is 7.92. The van der Waals surface area contributed by atoms with Crippen LogP contribution in [0.3, 0.4) is 0 Å². The van der Waals surface area contributed by atoms with Crippen LogP contribution in [-0.2, 0) is 17.8 Å². The van der Waals surface area contributed by atoms with E-state index >= 15 is 0 Å². The van der Waals surface area contributed by atoms with Gasteiger partial charge in [0, 0.05) is 18.4 Å². The number of carbonyl (C=O) groups is 1. The predicted molar refractivity (Wildman–Crippen MR) is 78.7 cm³/mol. The molecule has 1 N–H and O–H groups in total. The second-order valence-electron chi connectivity index (χ2n) is 5.11. The molecule has 0 saturated heterocycles. The molecule has 0 spiro atoms.